The Kier molecular flexibility index (Phi) is 8.36. The Labute approximate surface area is 271 Å². The number of likely N-dealkylation sites (tertiary alicyclic amines) is 1. The first kappa shape index (κ1) is 32.0. The zero-order valence-corrected chi connectivity index (χ0v) is 27.6. The van der Waals surface area contributed by atoms with Gasteiger partial charge >= 0.3 is 0 Å². The second kappa shape index (κ2) is 12.0. The monoisotopic (exact) mass is 627 g/mol. The van der Waals surface area contributed by atoms with Gasteiger partial charge in [0.05, 0.1) is 36.7 Å². The predicted octanol–water partition coefficient (Wildman–Crippen LogP) is 4.59. The normalized spacial score (nSPS) is 29.5. The first-order chi connectivity index (χ1) is 22.0. The number of aliphatic hydroxyl groups is 1. The number of carbonyl (C=O) groups is 3. The molecule has 3 amide bonds. The quantitative estimate of drug-likeness (QED) is 0.430. The average Bonchev–Trinajstić information content (AvgIpc) is 3.29. The topological polar surface area (TPSA) is 99.6 Å². The molecule has 2 fully saturated rings. The molecule has 1 spiro atoms. The van der Waals surface area contributed by atoms with E-state index in [1.54, 1.807) is 14.7 Å². The highest BCUT2D eigenvalue weighted by atomic mass is 16.5. The molecule has 4 aliphatic heterocycles. The minimum Gasteiger partial charge on any atom is -0.494 e. The molecule has 2 aromatic rings. The average molecular weight is 628 g/mol. The minimum atomic E-state index is -1.41. The second-order valence-corrected chi connectivity index (χ2v) is 13.6. The summed E-state index contributed by atoms with van der Waals surface area (Å²) in [7, 11) is 0. The van der Waals surface area contributed by atoms with Crippen LogP contribution in [0.1, 0.15) is 45.2 Å². The van der Waals surface area contributed by atoms with E-state index in [1.165, 1.54) is 0 Å². The summed E-state index contributed by atoms with van der Waals surface area (Å²) in [6.07, 6.45) is 8.05. The lowest BCUT2D eigenvalue weighted by Gasteiger charge is -2.40. The molecular formula is C37H45N3O6. The number of amides is 3. The van der Waals surface area contributed by atoms with Gasteiger partial charge in [-0.1, -0.05) is 56.4 Å². The van der Waals surface area contributed by atoms with Crippen molar-refractivity contribution in [3.05, 3.63) is 77.9 Å². The third kappa shape index (κ3) is 4.95. The highest BCUT2D eigenvalue weighted by Gasteiger charge is 2.75. The van der Waals surface area contributed by atoms with Gasteiger partial charge in [0.1, 0.15) is 17.4 Å². The number of aliphatic hydroxyl groups excluding tert-OH is 1. The lowest BCUT2D eigenvalue weighted by Crippen LogP contribution is -2.59. The summed E-state index contributed by atoms with van der Waals surface area (Å²) >= 11 is 0. The van der Waals surface area contributed by atoms with Crippen molar-refractivity contribution in [2.24, 2.45) is 17.8 Å². The van der Waals surface area contributed by atoms with E-state index in [0.29, 0.717) is 37.6 Å². The molecule has 0 aromatic heterocycles. The number of para-hydroxylation sites is 1. The molecule has 0 radical (unpaired) electrons. The summed E-state index contributed by atoms with van der Waals surface area (Å²) in [5, 5.41) is 10.7. The number of anilines is 2. The lowest BCUT2D eigenvalue weighted by molar-refractivity contribution is -0.148. The Morgan fingerprint density at radius 1 is 0.913 bits per heavy atom. The van der Waals surface area contributed by atoms with Gasteiger partial charge in [0.15, 0.2) is 0 Å². The summed E-state index contributed by atoms with van der Waals surface area (Å²) in [5.74, 6) is -1.87. The van der Waals surface area contributed by atoms with E-state index in [2.05, 4.69) is 0 Å². The van der Waals surface area contributed by atoms with E-state index >= 15 is 0 Å². The van der Waals surface area contributed by atoms with Crippen LogP contribution in [0, 0.1) is 31.6 Å². The molecule has 4 heterocycles. The Morgan fingerprint density at radius 2 is 1.57 bits per heavy atom. The Bertz CT molecular complexity index is 1560. The fourth-order valence-electron chi connectivity index (χ4n) is 8.23. The van der Waals surface area contributed by atoms with Gasteiger partial charge < -0.3 is 29.3 Å². The van der Waals surface area contributed by atoms with Crippen molar-refractivity contribution >= 4 is 29.1 Å². The second-order valence-electron chi connectivity index (χ2n) is 13.6. The SMILES string of the molecule is CCOc1ccc(N2CC=C[C@@]3(C)O[C@]45C=CCN(c6c(C)cccc6C)C(=O)C4N([C@@H](CO)CC(C)C)C(=O)[C@@H]5[C@H]3C2=O)cc1. The molecule has 1 N–H and O–H groups in total. The van der Waals surface area contributed by atoms with Crippen LogP contribution in [0.4, 0.5) is 11.4 Å². The van der Waals surface area contributed by atoms with Gasteiger partial charge in [-0.3, -0.25) is 14.4 Å². The first-order valence-electron chi connectivity index (χ1n) is 16.4. The predicted molar refractivity (Wildman–Crippen MR) is 177 cm³/mol. The fourth-order valence-corrected chi connectivity index (χ4v) is 8.23. The first-order valence-corrected chi connectivity index (χ1v) is 16.4. The zero-order chi connectivity index (χ0) is 33.0. The molecule has 1 unspecified atom stereocenters. The number of carbonyl (C=O) groups excluding carboxylic acids is 3. The van der Waals surface area contributed by atoms with Gasteiger partial charge in [-0.25, -0.2) is 0 Å². The number of hydrogen-bond acceptors (Lipinski definition) is 6. The van der Waals surface area contributed by atoms with Gasteiger partial charge in [-0.05, 0) is 75.4 Å². The number of fused-ring (bicyclic) bond motifs is 2. The van der Waals surface area contributed by atoms with Gasteiger partial charge in [0.2, 0.25) is 11.8 Å². The van der Waals surface area contributed by atoms with E-state index in [-0.39, 0.29) is 30.2 Å². The highest BCUT2D eigenvalue weighted by Crippen LogP contribution is 2.58. The maximum Gasteiger partial charge on any atom is 0.253 e. The maximum atomic E-state index is 15.0. The largest absolute Gasteiger partial charge is 0.494 e. The molecule has 2 aromatic carbocycles. The third-order valence-corrected chi connectivity index (χ3v) is 10.0. The summed E-state index contributed by atoms with van der Waals surface area (Å²) < 4.78 is 12.6. The van der Waals surface area contributed by atoms with Crippen LogP contribution in [0.15, 0.2) is 66.8 Å². The van der Waals surface area contributed by atoms with Crippen molar-refractivity contribution in [1.29, 1.82) is 0 Å². The molecule has 6 rings (SSSR count). The summed E-state index contributed by atoms with van der Waals surface area (Å²) in [4.78, 5) is 49.5. The van der Waals surface area contributed by atoms with Crippen molar-refractivity contribution < 1.29 is 29.0 Å². The highest BCUT2D eigenvalue weighted by molar-refractivity contribution is 6.08. The molecule has 244 valence electrons. The van der Waals surface area contributed by atoms with Crippen LogP contribution in [0.3, 0.4) is 0 Å². The number of benzene rings is 2. The summed E-state index contributed by atoms with van der Waals surface area (Å²) in [5.41, 5.74) is 0.812. The Hall–Kier alpha value is -3.95. The van der Waals surface area contributed by atoms with Gasteiger partial charge in [-0.2, -0.15) is 0 Å². The number of hydrogen-bond donors (Lipinski definition) is 1. The summed E-state index contributed by atoms with van der Waals surface area (Å²) in [6.45, 7) is 12.6. The molecular weight excluding hydrogens is 582 g/mol. The maximum absolute atomic E-state index is 15.0. The van der Waals surface area contributed by atoms with Crippen LogP contribution in [-0.4, -0.2) is 77.3 Å². The van der Waals surface area contributed by atoms with Crippen LogP contribution in [0.5, 0.6) is 5.75 Å². The Morgan fingerprint density at radius 3 is 2.20 bits per heavy atom. The van der Waals surface area contributed by atoms with E-state index < -0.39 is 35.1 Å². The van der Waals surface area contributed by atoms with E-state index in [9.17, 15) is 19.5 Å². The van der Waals surface area contributed by atoms with Crippen molar-refractivity contribution in [2.75, 3.05) is 36.1 Å². The van der Waals surface area contributed by atoms with Crippen LogP contribution in [0.2, 0.25) is 0 Å². The molecule has 0 bridgehead atoms. The smallest absolute Gasteiger partial charge is 0.253 e. The molecule has 6 atom stereocenters. The van der Waals surface area contributed by atoms with Crippen molar-refractivity contribution in [3.8, 4) is 5.75 Å². The molecule has 0 saturated carbocycles. The zero-order valence-electron chi connectivity index (χ0n) is 27.6. The van der Waals surface area contributed by atoms with Gasteiger partial charge in [-0.15, -0.1) is 0 Å². The van der Waals surface area contributed by atoms with Crippen LogP contribution in [-0.2, 0) is 19.1 Å². The van der Waals surface area contributed by atoms with Crippen molar-refractivity contribution in [3.63, 3.8) is 0 Å². The van der Waals surface area contributed by atoms with Gasteiger partial charge in [0, 0.05) is 24.5 Å². The molecule has 0 aliphatic carbocycles. The number of nitrogens with zero attached hydrogens (tertiary/aromatic N) is 3. The molecule has 9 heteroatoms. The Balaban J connectivity index is 1.48. The molecule has 9 nitrogen and oxygen atoms in total. The summed E-state index contributed by atoms with van der Waals surface area (Å²) in [6, 6.07) is 11.6. The number of ether oxygens (including phenoxy) is 2. The number of aryl methyl sites for hydroxylation is 2. The third-order valence-electron chi connectivity index (χ3n) is 10.0. The molecule has 4 aliphatic rings. The van der Waals surface area contributed by atoms with Crippen LogP contribution >= 0.6 is 0 Å². The van der Waals surface area contributed by atoms with Gasteiger partial charge in [0.25, 0.3) is 5.91 Å². The van der Waals surface area contributed by atoms with E-state index in [1.807, 2.05) is 108 Å². The fraction of sp³-hybridized carbons (Fsp3) is 0.486. The van der Waals surface area contributed by atoms with Crippen LogP contribution in [0.25, 0.3) is 0 Å². The van der Waals surface area contributed by atoms with E-state index in [0.717, 1.165) is 16.8 Å². The molecule has 46 heavy (non-hydrogen) atoms. The minimum absolute atomic E-state index is 0.149. The van der Waals surface area contributed by atoms with E-state index in [4.69, 9.17) is 9.47 Å². The standard InChI is InChI=1S/C37H45N3O6/c1-7-45-28-15-13-26(14-16-28)38-19-9-17-36(6)29(33(38)42)30-34(43)40(27(22-41)21-23(2)3)32-35(44)39(20-10-18-37(30,32)46-36)31-24(4)11-8-12-25(31)5/h8-18,23,27,29-30,32,41H,7,19-22H2,1-6H3/t27-,29+,30+,32?,36-,37+/m1/s1. The number of rotatable bonds is 8. The van der Waals surface area contributed by atoms with Crippen LogP contribution < -0.4 is 14.5 Å². The van der Waals surface area contributed by atoms with Crippen molar-refractivity contribution in [2.45, 2.75) is 71.2 Å². The molecule has 2 saturated heterocycles. The lowest BCUT2D eigenvalue weighted by atomic mass is 9.74. The van der Waals surface area contributed by atoms with Crippen molar-refractivity contribution in [1.82, 2.24) is 4.90 Å².